The number of aliphatic hydroxyl groups is 1. The molecule has 0 bridgehead atoms. The van der Waals surface area contributed by atoms with Crippen molar-refractivity contribution in [1.29, 1.82) is 0 Å². The number of nitrogens with zero attached hydrogens (tertiary/aromatic N) is 1. The number of carbonyl (C=O) groups is 3. The van der Waals surface area contributed by atoms with Gasteiger partial charge in [-0.15, -0.1) is 0 Å². The highest BCUT2D eigenvalue weighted by atomic mass is 16.5. The summed E-state index contributed by atoms with van der Waals surface area (Å²) < 4.78 is 5.35. The van der Waals surface area contributed by atoms with Crippen molar-refractivity contribution < 1.29 is 24.2 Å². The quantitative estimate of drug-likeness (QED) is 0.309. The van der Waals surface area contributed by atoms with Crippen LogP contribution in [0.2, 0.25) is 0 Å². The van der Waals surface area contributed by atoms with Crippen molar-refractivity contribution in [2.45, 2.75) is 70.7 Å². The second kappa shape index (κ2) is 13.9. The van der Waals surface area contributed by atoms with Crippen molar-refractivity contribution in [1.82, 2.24) is 20.9 Å². The van der Waals surface area contributed by atoms with E-state index in [9.17, 15) is 19.5 Å². The van der Waals surface area contributed by atoms with Crippen LogP contribution in [0.4, 0.5) is 0 Å². The molecule has 9 heteroatoms. The highest BCUT2D eigenvalue weighted by Gasteiger charge is 2.41. The van der Waals surface area contributed by atoms with Gasteiger partial charge in [0.1, 0.15) is 17.7 Å². The fourth-order valence-electron chi connectivity index (χ4n) is 4.75. The monoisotopic (exact) mass is 540 g/mol. The van der Waals surface area contributed by atoms with Crippen LogP contribution in [0.15, 0.2) is 42.5 Å². The summed E-state index contributed by atoms with van der Waals surface area (Å²) in [5.41, 5.74) is -0.155. The van der Waals surface area contributed by atoms with E-state index in [4.69, 9.17) is 4.74 Å². The largest absolute Gasteiger partial charge is 0.390 e. The number of nitrogens with one attached hydrogen (secondary N) is 3. The first-order chi connectivity index (χ1) is 18.5. The standard InChI is InChI=1S/C30H44N4O5/c1-20(2)17-31-18-24(35)19-32-27(36)25(16-21-12-13-22-9-6-7-10-23(22)15-21)33-28(37)26-11-8-14-34(26)29(38)30(3,4)39-5/h6-7,9-10,12-13,15,20,24-26,31,35H,8,11,14,16-19H2,1-5H3,(H,32,36)(H,33,37)/t24?,25-,26+/m1/s1. The van der Waals surface area contributed by atoms with Crippen molar-refractivity contribution in [2.24, 2.45) is 5.92 Å². The molecule has 0 aliphatic carbocycles. The molecule has 1 saturated heterocycles. The summed E-state index contributed by atoms with van der Waals surface area (Å²) in [6.45, 7) is 9.16. The van der Waals surface area contributed by atoms with E-state index in [0.29, 0.717) is 31.8 Å². The van der Waals surface area contributed by atoms with Crippen LogP contribution in [0.1, 0.15) is 46.1 Å². The van der Waals surface area contributed by atoms with E-state index in [1.165, 1.54) is 7.11 Å². The van der Waals surface area contributed by atoms with Crippen LogP contribution in [0, 0.1) is 5.92 Å². The minimum atomic E-state index is -1.05. The number of likely N-dealkylation sites (tertiary alicyclic amines) is 1. The zero-order valence-corrected chi connectivity index (χ0v) is 23.8. The fourth-order valence-corrected chi connectivity index (χ4v) is 4.75. The smallest absolute Gasteiger partial charge is 0.254 e. The summed E-state index contributed by atoms with van der Waals surface area (Å²) in [6.07, 6.45) is 0.723. The average Bonchev–Trinajstić information content (AvgIpc) is 3.40. The zero-order valence-electron chi connectivity index (χ0n) is 23.8. The first-order valence-corrected chi connectivity index (χ1v) is 13.8. The van der Waals surface area contributed by atoms with Gasteiger partial charge in [-0.2, -0.15) is 0 Å². The van der Waals surface area contributed by atoms with Gasteiger partial charge in [0.15, 0.2) is 0 Å². The maximum Gasteiger partial charge on any atom is 0.254 e. The van der Waals surface area contributed by atoms with Gasteiger partial charge in [0.25, 0.3) is 5.91 Å². The van der Waals surface area contributed by atoms with Crippen molar-refractivity contribution in [2.75, 3.05) is 33.3 Å². The molecular formula is C30H44N4O5. The van der Waals surface area contributed by atoms with E-state index in [0.717, 1.165) is 22.9 Å². The maximum absolute atomic E-state index is 13.5. The topological polar surface area (TPSA) is 120 Å². The molecule has 1 aliphatic rings. The number of rotatable bonds is 13. The average molecular weight is 541 g/mol. The van der Waals surface area contributed by atoms with Gasteiger partial charge in [0.05, 0.1) is 6.10 Å². The van der Waals surface area contributed by atoms with Gasteiger partial charge in [-0.25, -0.2) is 0 Å². The van der Waals surface area contributed by atoms with Gasteiger partial charge in [-0.05, 0) is 55.5 Å². The lowest BCUT2D eigenvalue weighted by molar-refractivity contribution is -0.154. The number of hydrogen-bond acceptors (Lipinski definition) is 6. The Morgan fingerprint density at radius 3 is 2.49 bits per heavy atom. The summed E-state index contributed by atoms with van der Waals surface area (Å²) in [6, 6.07) is 12.4. The van der Waals surface area contributed by atoms with E-state index in [1.54, 1.807) is 18.7 Å². The number of amides is 3. The van der Waals surface area contributed by atoms with Gasteiger partial charge in [0, 0.05) is 33.2 Å². The van der Waals surface area contributed by atoms with Gasteiger partial charge < -0.3 is 30.7 Å². The second-order valence-electron chi connectivity index (χ2n) is 11.3. The van der Waals surface area contributed by atoms with Crippen LogP contribution in [-0.4, -0.2) is 84.8 Å². The lowest BCUT2D eigenvalue weighted by atomic mass is 10.0. The highest BCUT2D eigenvalue weighted by molar-refractivity contribution is 5.94. The van der Waals surface area contributed by atoms with Crippen LogP contribution in [0.25, 0.3) is 10.8 Å². The Morgan fingerprint density at radius 1 is 1.08 bits per heavy atom. The first kappa shape index (κ1) is 30.5. The van der Waals surface area contributed by atoms with E-state index >= 15 is 0 Å². The molecular weight excluding hydrogens is 496 g/mol. The molecule has 0 saturated carbocycles. The molecule has 9 nitrogen and oxygen atoms in total. The molecule has 0 aromatic heterocycles. The SMILES string of the molecule is COC(C)(C)C(=O)N1CCC[C@H]1C(=O)N[C@H](Cc1ccc2ccccc2c1)C(=O)NCC(O)CNCC(C)C. The Balaban J connectivity index is 1.73. The number of fused-ring (bicyclic) bond motifs is 1. The Kier molecular flexibility index (Phi) is 10.9. The molecule has 1 heterocycles. The third-order valence-corrected chi connectivity index (χ3v) is 7.17. The third-order valence-electron chi connectivity index (χ3n) is 7.17. The molecule has 1 unspecified atom stereocenters. The molecule has 1 aliphatic heterocycles. The van der Waals surface area contributed by atoms with Crippen LogP contribution < -0.4 is 16.0 Å². The zero-order chi connectivity index (χ0) is 28.6. The Labute approximate surface area is 231 Å². The minimum absolute atomic E-state index is 0.0596. The van der Waals surface area contributed by atoms with Gasteiger partial charge >= 0.3 is 0 Å². The van der Waals surface area contributed by atoms with Crippen molar-refractivity contribution in [3.63, 3.8) is 0 Å². The molecule has 0 spiro atoms. The normalized spacial score (nSPS) is 17.3. The summed E-state index contributed by atoms with van der Waals surface area (Å²) >= 11 is 0. The summed E-state index contributed by atoms with van der Waals surface area (Å²) in [7, 11) is 1.47. The predicted molar refractivity (Wildman–Crippen MR) is 152 cm³/mol. The number of carbonyl (C=O) groups excluding carboxylic acids is 3. The summed E-state index contributed by atoms with van der Waals surface area (Å²) in [5.74, 6) is -0.555. The molecule has 2 aromatic rings. The lowest BCUT2D eigenvalue weighted by Crippen LogP contribution is -2.57. The molecule has 39 heavy (non-hydrogen) atoms. The molecule has 4 N–H and O–H groups in total. The molecule has 3 rings (SSSR count). The molecule has 3 amide bonds. The molecule has 214 valence electrons. The van der Waals surface area contributed by atoms with Crippen molar-refractivity contribution in [3.8, 4) is 0 Å². The highest BCUT2D eigenvalue weighted by Crippen LogP contribution is 2.23. The van der Waals surface area contributed by atoms with E-state index < -0.39 is 23.8 Å². The van der Waals surface area contributed by atoms with Gasteiger partial charge in [-0.1, -0.05) is 56.3 Å². The summed E-state index contributed by atoms with van der Waals surface area (Å²) in [5, 5.41) is 21.3. The molecule has 0 radical (unpaired) electrons. The predicted octanol–water partition coefficient (Wildman–Crippen LogP) is 2.01. The van der Waals surface area contributed by atoms with E-state index in [2.05, 4.69) is 29.8 Å². The number of ether oxygens (including phenoxy) is 1. The maximum atomic E-state index is 13.5. The van der Waals surface area contributed by atoms with E-state index in [-0.39, 0.29) is 30.7 Å². The van der Waals surface area contributed by atoms with Gasteiger partial charge in [-0.3, -0.25) is 14.4 Å². The molecule has 3 atom stereocenters. The van der Waals surface area contributed by atoms with Crippen LogP contribution in [0.5, 0.6) is 0 Å². The Hall–Kier alpha value is -3.01. The summed E-state index contributed by atoms with van der Waals surface area (Å²) in [4.78, 5) is 41.4. The second-order valence-corrected chi connectivity index (χ2v) is 11.3. The lowest BCUT2D eigenvalue weighted by Gasteiger charge is -2.32. The Bertz CT molecular complexity index is 1140. The number of benzene rings is 2. The van der Waals surface area contributed by atoms with Crippen molar-refractivity contribution in [3.05, 3.63) is 48.0 Å². The molecule has 1 fully saturated rings. The number of methoxy groups -OCH3 is 1. The number of hydrogen-bond donors (Lipinski definition) is 4. The fraction of sp³-hybridized carbons (Fsp3) is 0.567. The Morgan fingerprint density at radius 2 is 1.79 bits per heavy atom. The van der Waals surface area contributed by atoms with E-state index in [1.807, 2.05) is 42.5 Å². The number of aliphatic hydroxyl groups excluding tert-OH is 1. The van der Waals surface area contributed by atoms with Gasteiger partial charge in [0.2, 0.25) is 11.8 Å². The first-order valence-electron chi connectivity index (χ1n) is 13.8. The third kappa shape index (κ3) is 8.49. The van der Waals surface area contributed by atoms with Crippen LogP contribution >= 0.6 is 0 Å². The minimum Gasteiger partial charge on any atom is -0.390 e. The van der Waals surface area contributed by atoms with Crippen molar-refractivity contribution >= 4 is 28.5 Å². The van der Waals surface area contributed by atoms with Crippen LogP contribution in [0.3, 0.4) is 0 Å². The molecule has 2 aromatic carbocycles. The van der Waals surface area contributed by atoms with Crippen LogP contribution in [-0.2, 0) is 25.5 Å².